The third-order valence-electron chi connectivity index (χ3n) is 3.42. The molecule has 1 fully saturated rings. The van der Waals surface area contributed by atoms with Crippen LogP contribution in [-0.2, 0) is 11.2 Å². The number of carbonyl (C=O) groups is 1. The first-order valence-electron chi connectivity index (χ1n) is 6.28. The predicted molar refractivity (Wildman–Crippen MR) is 69.5 cm³/mol. The van der Waals surface area contributed by atoms with Gasteiger partial charge in [0, 0.05) is 18.2 Å². The third-order valence-corrected chi connectivity index (χ3v) is 3.42. The number of nitrogen functional groups attached to an aromatic ring is 1. The fourth-order valence-corrected chi connectivity index (χ4v) is 2.33. The van der Waals surface area contributed by atoms with Gasteiger partial charge in [0.05, 0.1) is 0 Å². The van der Waals surface area contributed by atoms with E-state index in [0.717, 1.165) is 36.4 Å². The molecule has 1 aliphatic rings. The summed E-state index contributed by atoms with van der Waals surface area (Å²) in [6.45, 7) is 2.22. The van der Waals surface area contributed by atoms with Crippen LogP contribution in [0.3, 0.4) is 0 Å². The molecule has 0 aliphatic heterocycles. The Kier molecular flexibility index (Phi) is 3.67. The Labute approximate surface area is 102 Å². The van der Waals surface area contributed by atoms with Crippen molar-refractivity contribution in [3.63, 3.8) is 0 Å². The fraction of sp³-hybridized carbons (Fsp3) is 0.500. The van der Waals surface area contributed by atoms with Crippen molar-refractivity contribution in [2.45, 2.75) is 38.6 Å². The molecule has 0 bridgehead atoms. The van der Waals surface area contributed by atoms with Crippen LogP contribution in [0.2, 0.25) is 0 Å². The number of rotatable bonds is 4. The lowest BCUT2D eigenvalue weighted by atomic mass is 9.82. The smallest absolute Gasteiger partial charge is 0.220 e. The van der Waals surface area contributed by atoms with Gasteiger partial charge in [0.15, 0.2) is 0 Å². The molecular formula is C14H20N2O. The topological polar surface area (TPSA) is 55.1 Å². The molecule has 1 saturated carbocycles. The summed E-state index contributed by atoms with van der Waals surface area (Å²) < 4.78 is 0. The SMILES string of the molecule is CC1CC(NC(=O)CCc2ccccc2N)C1. The van der Waals surface area contributed by atoms with Crippen molar-refractivity contribution in [3.8, 4) is 0 Å². The van der Waals surface area contributed by atoms with E-state index in [1.54, 1.807) is 0 Å². The van der Waals surface area contributed by atoms with Crippen LogP contribution < -0.4 is 11.1 Å². The van der Waals surface area contributed by atoms with E-state index in [0.29, 0.717) is 12.5 Å². The van der Waals surface area contributed by atoms with E-state index >= 15 is 0 Å². The summed E-state index contributed by atoms with van der Waals surface area (Å²) in [5.74, 6) is 0.912. The molecule has 0 unspecified atom stereocenters. The number of hydrogen-bond donors (Lipinski definition) is 2. The van der Waals surface area contributed by atoms with Crippen LogP contribution in [0.4, 0.5) is 5.69 Å². The van der Waals surface area contributed by atoms with Gasteiger partial charge in [-0.2, -0.15) is 0 Å². The number of nitrogens with one attached hydrogen (secondary N) is 1. The number of amides is 1. The van der Waals surface area contributed by atoms with Gasteiger partial charge < -0.3 is 11.1 Å². The minimum Gasteiger partial charge on any atom is -0.399 e. The van der Waals surface area contributed by atoms with Crippen LogP contribution in [0.1, 0.15) is 31.7 Å². The molecule has 0 radical (unpaired) electrons. The lowest BCUT2D eigenvalue weighted by Crippen LogP contribution is -2.43. The standard InChI is InChI=1S/C14H20N2O/c1-10-8-12(9-10)16-14(17)7-6-11-4-2-3-5-13(11)15/h2-5,10,12H,6-9,15H2,1H3,(H,16,17). The van der Waals surface area contributed by atoms with Gasteiger partial charge in [0.25, 0.3) is 0 Å². The van der Waals surface area contributed by atoms with Crippen LogP contribution in [0.5, 0.6) is 0 Å². The molecule has 1 amide bonds. The molecule has 1 aromatic rings. The number of benzene rings is 1. The minimum absolute atomic E-state index is 0.144. The van der Waals surface area contributed by atoms with Gasteiger partial charge in [-0.05, 0) is 36.8 Å². The second-order valence-corrected chi connectivity index (χ2v) is 5.04. The average Bonchev–Trinajstić information content (AvgIpc) is 2.26. The summed E-state index contributed by atoms with van der Waals surface area (Å²) in [5, 5.41) is 3.06. The first kappa shape index (κ1) is 12.0. The Morgan fingerprint density at radius 3 is 2.76 bits per heavy atom. The van der Waals surface area contributed by atoms with Crippen LogP contribution >= 0.6 is 0 Å². The number of para-hydroxylation sites is 1. The molecule has 0 atom stereocenters. The monoisotopic (exact) mass is 232 g/mol. The highest BCUT2D eigenvalue weighted by atomic mass is 16.1. The first-order chi connectivity index (χ1) is 8.15. The molecule has 1 aliphatic carbocycles. The predicted octanol–water partition coefficient (Wildman–Crippen LogP) is 2.12. The van der Waals surface area contributed by atoms with Crippen LogP contribution in [-0.4, -0.2) is 11.9 Å². The maximum Gasteiger partial charge on any atom is 0.220 e. The number of nitrogens with two attached hydrogens (primary N) is 1. The number of aryl methyl sites for hydroxylation is 1. The van der Waals surface area contributed by atoms with E-state index in [4.69, 9.17) is 5.73 Å². The molecule has 92 valence electrons. The summed E-state index contributed by atoms with van der Waals surface area (Å²) in [7, 11) is 0. The molecule has 17 heavy (non-hydrogen) atoms. The Morgan fingerprint density at radius 1 is 1.41 bits per heavy atom. The van der Waals surface area contributed by atoms with Crippen LogP contribution in [0.15, 0.2) is 24.3 Å². The summed E-state index contributed by atoms with van der Waals surface area (Å²) in [6, 6.07) is 8.13. The zero-order valence-electron chi connectivity index (χ0n) is 10.3. The highest BCUT2D eigenvalue weighted by Crippen LogP contribution is 2.26. The van der Waals surface area contributed by atoms with Crippen molar-refractivity contribution in [1.82, 2.24) is 5.32 Å². The Morgan fingerprint density at radius 2 is 2.12 bits per heavy atom. The minimum atomic E-state index is 0.144. The zero-order valence-corrected chi connectivity index (χ0v) is 10.3. The Hall–Kier alpha value is -1.51. The molecule has 1 aromatic carbocycles. The molecule has 2 rings (SSSR count). The number of anilines is 1. The molecule has 0 aromatic heterocycles. The van der Waals surface area contributed by atoms with Crippen molar-refractivity contribution >= 4 is 11.6 Å². The Bertz CT molecular complexity index is 397. The van der Waals surface area contributed by atoms with Gasteiger partial charge in [0.2, 0.25) is 5.91 Å². The van der Waals surface area contributed by atoms with Crippen molar-refractivity contribution in [2.24, 2.45) is 5.92 Å². The van der Waals surface area contributed by atoms with E-state index in [2.05, 4.69) is 12.2 Å². The molecule has 3 N–H and O–H groups in total. The van der Waals surface area contributed by atoms with Crippen LogP contribution in [0.25, 0.3) is 0 Å². The molecule has 3 nitrogen and oxygen atoms in total. The maximum atomic E-state index is 11.7. The fourth-order valence-electron chi connectivity index (χ4n) is 2.33. The van der Waals surface area contributed by atoms with E-state index in [-0.39, 0.29) is 5.91 Å². The van der Waals surface area contributed by atoms with E-state index in [9.17, 15) is 4.79 Å². The quantitative estimate of drug-likeness (QED) is 0.781. The second kappa shape index (κ2) is 5.21. The normalized spacial score (nSPS) is 22.9. The third kappa shape index (κ3) is 3.22. The van der Waals surface area contributed by atoms with Gasteiger partial charge >= 0.3 is 0 Å². The van der Waals surface area contributed by atoms with Gasteiger partial charge in [-0.3, -0.25) is 4.79 Å². The van der Waals surface area contributed by atoms with E-state index < -0.39 is 0 Å². The molecular weight excluding hydrogens is 212 g/mol. The summed E-state index contributed by atoms with van der Waals surface area (Å²) in [6.07, 6.45) is 3.50. The van der Waals surface area contributed by atoms with Gasteiger partial charge in [-0.15, -0.1) is 0 Å². The lowest BCUT2D eigenvalue weighted by Gasteiger charge is -2.33. The van der Waals surface area contributed by atoms with Crippen molar-refractivity contribution in [3.05, 3.63) is 29.8 Å². The van der Waals surface area contributed by atoms with Gasteiger partial charge in [0.1, 0.15) is 0 Å². The molecule has 0 saturated heterocycles. The van der Waals surface area contributed by atoms with Crippen molar-refractivity contribution < 1.29 is 4.79 Å². The van der Waals surface area contributed by atoms with Crippen molar-refractivity contribution in [1.29, 1.82) is 0 Å². The maximum absolute atomic E-state index is 11.7. The first-order valence-corrected chi connectivity index (χ1v) is 6.28. The summed E-state index contributed by atoms with van der Waals surface area (Å²) >= 11 is 0. The van der Waals surface area contributed by atoms with Crippen LogP contribution in [0, 0.1) is 5.92 Å². The van der Waals surface area contributed by atoms with Gasteiger partial charge in [-0.25, -0.2) is 0 Å². The average molecular weight is 232 g/mol. The molecule has 0 heterocycles. The zero-order chi connectivity index (χ0) is 12.3. The molecule has 3 heteroatoms. The van der Waals surface area contributed by atoms with Gasteiger partial charge in [-0.1, -0.05) is 25.1 Å². The lowest BCUT2D eigenvalue weighted by molar-refractivity contribution is -0.122. The highest BCUT2D eigenvalue weighted by Gasteiger charge is 2.26. The second-order valence-electron chi connectivity index (χ2n) is 5.04. The van der Waals surface area contributed by atoms with E-state index in [1.807, 2.05) is 24.3 Å². The van der Waals surface area contributed by atoms with Crippen molar-refractivity contribution in [2.75, 3.05) is 5.73 Å². The number of hydrogen-bond acceptors (Lipinski definition) is 2. The van der Waals surface area contributed by atoms with E-state index in [1.165, 1.54) is 0 Å². The number of carbonyl (C=O) groups excluding carboxylic acids is 1. The Balaban J connectivity index is 1.75. The summed E-state index contributed by atoms with van der Waals surface area (Å²) in [5.41, 5.74) is 7.67. The largest absolute Gasteiger partial charge is 0.399 e. The molecule has 0 spiro atoms. The highest BCUT2D eigenvalue weighted by molar-refractivity contribution is 5.76. The summed E-state index contributed by atoms with van der Waals surface area (Å²) in [4.78, 5) is 11.7.